The minimum absolute atomic E-state index is 0.109. The predicted octanol–water partition coefficient (Wildman–Crippen LogP) is 3.18. The zero-order valence-corrected chi connectivity index (χ0v) is 18.1. The monoisotopic (exact) mass is 434 g/mol. The first kappa shape index (κ1) is 20.4. The first-order valence-electron chi connectivity index (χ1n) is 11.1. The Bertz CT molecular complexity index is 1060. The summed E-state index contributed by atoms with van der Waals surface area (Å²) in [5.74, 6) is 1.67. The fraction of sp³-hybridized carbons (Fsp3) is 0.435. The molecule has 2 fully saturated rings. The van der Waals surface area contributed by atoms with Gasteiger partial charge in [-0.25, -0.2) is 9.97 Å². The number of nitrogens with one attached hydrogen (secondary N) is 3. The molecular weight excluding hydrogens is 408 g/mol. The van der Waals surface area contributed by atoms with E-state index in [0.29, 0.717) is 29.1 Å². The van der Waals surface area contributed by atoms with Gasteiger partial charge in [-0.2, -0.15) is 0 Å². The normalized spacial score (nSPS) is 17.6. The van der Waals surface area contributed by atoms with Crippen LogP contribution in [0.5, 0.6) is 0 Å². The molecule has 9 nitrogen and oxygen atoms in total. The number of carbonyl (C=O) groups excluding carboxylic acids is 2. The average molecular weight is 435 g/mol. The Morgan fingerprint density at radius 3 is 2.38 bits per heavy atom. The zero-order valence-electron chi connectivity index (χ0n) is 18.1. The van der Waals surface area contributed by atoms with Crippen molar-refractivity contribution in [1.82, 2.24) is 30.8 Å². The lowest BCUT2D eigenvalue weighted by Crippen LogP contribution is -2.34. The maximum absolute atomic E-state index is 12.4. The van der Waals surface area contributed by atoms with Gasteiger partial charge in [0.1, 0.15) is 0 Å². The van der Waals surface area contributed by atoms with Gasteiger partial charge < -0.3 is 15.1 Å². The van der Waals surface area contributed by atoms with Crippen LogP contribution >= 0.6 is 0 Å². The van der Waals surface area contributed by atoms with Crippen LogP contribution in [0.2, 0.25) is 0 Å². The van der Waals surface area contributed by atoms with Crippen molar-refractivity contribution in [2.75, 3.05) is 0 Å². The lowest BCUT2D eigenvalue weighted by atomic mass is 10.1. The van der Waals surface area contributed by atoms with Crippen molar-refractivity contribution in [3.05, 3.63) is 42.0 Å². The molecule has 1 aromatic carbocycles. The molecule has 2 amide bonds. The van der Waals surface area contributed by atoms with Crippen LogP contribution in [0.15, 0.2) is 34.9 Å². The largest absolute Gasteiger partial charge is 0.431 e. The number of rotatable bonds is 8. The third-order valence-corrected chi connectivity index (χ3v) is 6.18. The summed E-state index contributed by atoms with van der Waals surface area (Å²) in [4.78, 5) is 33.4. The maximum Gasteiger partial charge on any atom is 0.291 e. The Labute approximate surface area is 185 Å². The van der Waals surface area contributed by atoms with Gasteiger partial charge in [-0.3, -0.25) is 14.7 Å². The van der Waals surface area contributed by atoms with Gasteiger partial charge in [0.05, 0.1) is 6.20 Å². The molecule has 166 valence electrons. The number of aromatic amines is 1. The Hall–Kier alpha value is -3.49. The molecule has 3 N–H and O–H groups in total. The molecule has 0 spiro atoms. The van der Waals surface area contributed by atoms with E-state index in [-0.39, 0.29) is 35.5 Å². The van der Waals surface area contributed by atoms with Gasteiger partial charge in [0.2, 0.25) is 17.5 Å². The molecule has 2 heterocycles. The third-order valence-electron chi connectivity index (χ3n) is 6.18. The molecule has 9 heteroatoms. The SMILES string of the molecule is CC(NC(=O)c1n[nH]c(-c2cccc(-c3ncc(C(=O)NC(C)C4CC4)o3)c2)n1)C1CC1. The summed E-state index contributed by atoms with van der Waals surface area (Å²) in [5.41, 5.74) is 1.43. The average Bonchev–Trinajstić information content (AvgIpc) is 3.72. The molecule has 0 aliphatic heterocycles. The van der Waals surface area contributed by atoms with Crippen LogP contribution in [0.1, 0.15) is 60.7 Å². The van der Waals surface area contributed by atoms with Crippen molar-refractivity contribution in [2.45, 2.75) is 51.6 Å². The molecule has 32 heavy (non-hydrogen) atoms. The van der Waals surface area contributed by atoms with Crippen LogP contribution in [0.25, 0.3) is 22.8 Å². The number of amides is 2. The Morgan fingerprint density at radius 2 is 1.69 bits per heavy atom. The molecule has 0 saturated heterocycles. The van der Waals surface area contributed by atoms with Gasteiger partial charge in [0.15, 0.2) is 5.82 Å². The van der Waals surface area contributed by atoms with Gasteiger partial charge >= 0.3 is 0 Å². The number of nitrogens with zero attached hydrogens (tertiary/aromatic N) is 3. The lowest BCUT2D eigenvalue weighted by Gasteiger charge is -2.10. The highest BCUT2D eigenvalue weighted by Gasteiger charge is 2.30. The number of hydrogen-bond donors (Lipinski definition) is 3. The van der Waals surface area contributed by atoms with E-state index < -0.39 is 0 Å². The number of oxazole rings is 1. The number of benzene rings is 1. The molecule has 2 aliphatic rings. The van der Waals surface area contributed by atoms with Gasteiger partial charge in [-0.15, -0.1) is 5.10 Å². The van der Waals surface area contributed by atoms with Crippen LogP contribution in [-0.4, -0.2) is 44.1 Å². The topological polar surface area (TPSA) is 126 Å². The summed E-state index contributed by atoms with van der Waals surface area (Å²) < 4.78 is 5.71. The van der Waals surface area contributed by atoms with Crippen molar-refractivity contribution < 1.29 is 14.0 Å². The molecule has 2 aliphatic carbocycles. The van der Waals surface area contributed by atoms with Crippen LogP contribution in [-0.2, 0) is 0 Å². The standard InChI is InChI=1S/C23H26N6O3/c1-12(14-6-7-14)25-21(30)18-11-24-23(32-18)17-5-3-4-16(10-17)19-27-20(29-28-19)22(31)26-13(2)15-8-9-15/h3-5,10-15H,6-9H2,1-2H3,(H,25,30)(H,26,31)(H,27,28,29). The highest BCUT2D eigenvalue weighted by atomic mass is 16.4. The summed E-state index contributed by atoms with van der Waals surface area (Å²) in [5, 5.41) is 12.8. The van der Waals surface area contributed by atoms with E-state index in [2.05, 4.69) is 30.8 Å². The quantitative estimate of drug-likeness (QED) is 0.500. The Balaban J connectivity index is 1.29. The van der Waals surface area contributed by atoms with E-state index in [0.717, 1.165) is 31.2 Å². The molecule has 0 radical (unpaired) electrons. The number of H-pyrrole nitrogens is 1. The Kier molecular flexibility index (Phi) is 5.24. The molecule has 2 atom stereocenters. The van der Waals surface area contributed by atoms with E-state index in [4.69, 9.17) is 4.42 Å². The van der Waals surface area contributed by atoms with Gasteiger partial charge in [0, 0.05) is 23.2 Å². The fourth-order valence-corrected chi connectivity index (χ4v) is 3.78. The van der Waals surface area contributed by atoms with E-state index in [9.17, 15) is 9.59 Å². The number of hydrogen-bond acceptors (Lipinski definition) is 6. The van der Waals surface area contributed by atoms with Crippen LogP contribution in [0.3, 0.4) is 0 Å². The maximum atomic E-state index is 12.4. The van der Waals surface area contributed by atoms with Crippen molar-refractivity contribution >= 4 is 11.8 Å². The molecule has 0 bridgehead atoms. The fourth-order valence-electron chi connectivity index (χ4n) is 3.78. The molecule has 5 rings (SSSR count). The first-order chi connectivity index (χ1) is 15.5. The van der Waals surface area contributed by atoms with E-state index in [1.807, 2.05) is 38.1 Å². The summed E-state index contributed by atoms with van der Waals surface area (Å²) in [6.45, 7) is 4.01. The minimum Gasteiger partial charge on any atom is -0.431 e. The molecule has 2 unspecified atom stereocenters. The van der Waals surface area contributed by atoms with Crippen LogP contribution < -0.4 is 10.6 Å². The molecule has 2 saturated carbocycles. The lowest BCUT2D eigenvalue weighted by molar-refractivity contribution is 0.0905. The van der Waals surface area contributed by atoms with Crippen LogP contribution in [0.4, 0.5) is 0 Å². The van der Waals surface area contributed by atoms with E-state index in [1.54, 1.807) is 0 Å². The molecule has 2 aromatic heterocycles. The van der Waals surface area contributed by atoms with E-state index >= 15 is 0 Å². The predicted molar refractivity (Wildman–Crippen MR) is 117 cm³/mol. The van der Waals surface area contributed by atoms with Crippen molar-refractivity contribution in [3.63, 3.8) is 0 Å². The molecular formula is C23H26N6O3. The van der Waals surface area contributed by atoms with Crippen molar-refractivity contribution in [1.29, 1.82) is 0 Å². The van der Waals surface area contributed by atoms with Gasteiger partial charge in [-0.1, -0.05) is 12.1 Å². The smallest absolute Gasteiger partial charge is 0.291 e. The van der Waals surface area contributed by atoms with Gasteiger partial charge in [-0.05, 0) is 63.5 Å². The van der Waals surface area contributed by atoms with Crippen LogP contribution in [0, 0.1) is 11.8 Å². The number of aromatic nitrogens is 4. The second kappa shape index (κ2) is 8.22. The van der Waals surface area contributed by atoms with Crippen molar-refractivity contribution in [2.24, 2.45) is 11.8 Å². The highest BCUT2D eigenvalue weighted by molar-refractivity contribution is 5.92. The highest BCUT2D eigenvalue weighted by Crippen LogP contribution is 2.33. The zero-order chi connectivity index (χ0) is 22.2. The van der Waals surface area contributed by atoms with Crippen molar-refractivity contribution in [3.8, 4) is 22.8 Å². The summed E-state index contributed by atoms with van der Waals surface area (Å²) in [6, 6.07) is 7.61. The molecule has 3 aromatic rings. The minimum atomic E-state index is -0.285. The summed E-state index contributed by atoms with van der Waals surface area (Å²) in [6.07, 6.45) is 6.05. The van der Waals surface area contributed by atoms with E-state index in [1.165, 1.54) is 6.20 Å². The Morgan fingerprint density at radius 1 is 1.03 bits per heavy atom. The second-order valence-electron chi connectivity index (χ2n) is 8.82. The number of carbonyl (C=O) groups is 2. The second-order valence-corrected chi connectivity index (χ2v) is 8.82. The summed E-state index contributed by atoms with van der Waals surface area (Å²) in [7, 11) is 0. The third kappa shape index (κ3) is 4.42. The van der Waals surface area contributed by atoms with Gasteiger partial charge in [0.25, 0.3) is 11.8 Å². The first-order valence-corrected chi connectivity index (χ1v) is 11.1. The summed E-state index contributed by atoms with van der Waals surface area (Å²) >= 11 is 0.